The predicted octanol–water partition coefficient (Wildman–Crippen LogP) is 3.33. The molecule has 0 saturated heterocycles. The van der Waals surface area contributed by atoms with Gasteiger partial charge in [0.2, 0.25) is 0 Å². The van der Waals surface area contributed by atoms with E-state index >= 15 is 0 Å². The van der Waals surface area contributed by atoms with Crippen molar-refractivity contribution in [2.24, 2.45) is 0 Å². The summed E-state index contributed by atoms with van der Waals surface area (Å²) in [5.74, 6) is 1.18. The first-order valence-corrected chi connectivity index (χ1v) is 7.38. The first kappa shape index (κ1) is 13.1. The Balaban J connectivity index is 2.34. The van der Waals surface area contributed by atoms with Crippen LogP contribution in [0.15, 0.2) is 28.7 Å². The predicted molar refractivity (Wildman–Crippen MR) is 73.7 cm³/mol. The molecule has 1 rings (SSSR count). The lowest BCUT2D eigenvalue weighted by molar-refractivity contribution is 0.568. The third-order valence-corrected chi connectivity index (χ3v) is 3.34. The highest BCUT2D eigenvalue weighted by atomic mass is 79.9. The number of halogens is 1. The van der Waals surface area contributed by atoms with Crippen LogP contribution in [0.4, 0.5) is 0 Å². The van der Waals surface area contributed by atoms with Crippen molar-refractivity contribution in [3.8, 4) is 0 Å². The van der Waals surface area contributed by atoms with Gasteiger partial charge in [-0.1, -0.05) is 28.1 Å². The van der Waals surface area contributed by atoms with E-state index in [1.807, 2.05) is 11.8 Å². The van der Waals surface area contributed by atoms with Crippen molar-refractivity contribution in [3.63, 3.8) is 0 Å². The molecule has 1 nitrogen and oxygen atoms in total. The van der Waals surface area contributed by atoms with Crippen LogP contribution in [0.25, 0.3) is 0 Å². The Morgan fingerprint density at radius 1 is 1.47 bits per heavy atom. The highest BCUT2D eigenvalue weighted by Crippen LogP contribution is 2.12. The van der Waals surface area contributed by atoms with Crippen molar-refractivity contribution >= 4 is 27.7 Å². The summed E-state index contributed by atoms with van der Waals surface area (Å²) in [6, 6.07) is 9.07. The summed E-state index contributed by atoms with van der Waals surface area (Å²) >= 11 is 5.37. The largest absolute Gasteiger partial charge is 0.313 e. The molecule has 0 aliphatic rings. The van der Waals surface area contributed by atoms with E-state index in [4.69, 9.17) is 0 Å². The molecule has 1 aromatic rings. The van der Waals surface area contributed by atoms with Gasteiger partial charge in [0.1, 0.15) is 0 Å². The van der Waals surface area contributed by atoms with Crippen LogP contribution < -0.4 is 5.32 Å². The van der Waals surface area contributed by atoms with Gasteiger partial charge in [0, 0.05) is 22.8 Å². The number of benzene rings is 1. The number of hydrogen-bond acceptors (Lipinski definition) is 2. The zero-order valence-corrected chi connectivity index (χ0v) is 11.7. The summed E-state index contributed by atoms with van der Waals surface area (Å²) < 4.78 is 1.16. The summed E-state index contributed by atoms with van der Waals surface area (Å²) in [4.78, 5) is 0. The highest BCUT2D eigenvalue weighted by Gasteiger charge is 2.02. The smallest absolute Gasteiger partial charge is 0.0178 e. The normalized spacial score (nSPS) is 12.7. The molecular weight excluding hydrogens is 270 g/mol. The first-order valence-electron chi connectivity index (χ1n) is 5.19. The Morgan fingerprint density at radius 3 is 2.93 bits per heavy atom. The molecule has 0 saturated carbocycles. The highest BCUT2D eigenvalue weighted by molar-refractivity contribution is 9.10. The van der Waals surface area contributed by atoms with Gasteiger partial charge in [-0.3, -0.25) is 0 Å². The SMILES string of the molecule is CSCCNC(C)Cc1cccc(Br)c1. The van der Waals surface area contributed by atoms with Crippen LogP contribution in [0.1, 0.15) is 12.5 Å². The molecule has 1 atom stereocenters. The minimum Gasteiger partial charge on any atom is -0.313 e. The molecule has 84 valence electrons. The topological polar surface area (TPSA) is 12.0 Å². The fourth-order valence-electron chi connectivity index (χ4n) is 1.50. The third kappa shape index (κ3) is 5.59. The molecule has 0 amide bonds. The Kier molecular flexibility index (Phi) is 6.37. The van der Waals surface area contributed by atoms with Crippen molar-refractivity contribution in [1.82, 2.24) is 5.32 Å². The summed E-state index contributed by atoms with van der Waals surface area (Å²) in [6.07, 6.45) is 3.23. The van der Waals surface area contributed by atoms with Crippen LogP contribution in [0, 0.1) is 0 Å². The molecule has 0 bridgehead atoms. The maximum Gasteiger partial charge on any atom is 0.0178 e. The van der Waals surface area contributed by atoms with E-state index in [1.54, 1.807) is 0 Å². The Morgan fingerprint density at radius 2 is 2.27 bits per heavy atom. The van der Waals surface area contributed by atoms with Gasteiger partial charge in [-0.15, -0.1) is 0 Å². The van der Waals surface area contributed by atoms with Crippen LogP contribution in [0.2, 0.25) is 0 Å². The first-order chi connectivity index (χ1) is 7.22. The van der Waals surface area contributed by atoms with Crippen molar-refractivity contribution in [2.45, 2.75) is 19.4 Å². The molecule has 0 aliphatic carbocycles. The summed E-state index contributed by atoms with van der Waals surface area (Å²) in [5.41, 5.74) is 1.38. The second-order valence-corrected chi connectivity index (χ2v) is 5.58. The lowest BCUT2D eigenvalue weighted by Gasteiger charge is -2.13. The molecule has 1 unspecified atom stereocenters. The molecule has 0 fully saturated rings. The molecule has 0 heterocycles. The van der Waals surface area contributed by atoms with Gasteiger partial charge in [0.25, 0.3) is 0 Å². The van der Waals surface area contributed by atoms with Gasteiger partial charge in [-0.05, 0) is 37.3 Å². The van der Waals surface area contributed by atoms with Gasteiger partial charge < -0.3 is 5.32 Å². The van der Waals surface area contributed by atoms with E-state index in [2.05, 4.69) is 58.7 Å². The summed E-state index contributed by atoms with van der Waals surface area (Å²) in [6.45, 7) is 3.33. The van der Waals surface area contributed by atoms with Crippen molar-refractivity contribution in [3.05, 3.63) is 34.3 Å². The number of nitrogens with one attached hydrogen (secondary N) is 1. The van der Waals surface area contributed by atoms with Crippen molar-refractivity contribution < 1.29 is 0 Å². The van der Waals surface area contributed by atoms with Crippen LogP contribution >= 0.6 is 27.7 Å². The lowest BCUT2D eigenvalue weighted by atomic mass is 10.1. The van der Waals surface area contributed by atoms with Gasteiger partial charge in [0.05, 0.1) is 0 Å². The Hall–Kier alpha value is 0.01000. The van der Waals surface area contributed by atoms with E-state index in [1.165, 1.54) is 11.3 Å². The van der Waals surface area contributed by atoms with Gasteiger partial charge in [-0.2, -0.15) is 11.8 Å². The van der Waals surface area contributed by atoms with E-state index < -0.39 is 0 Å². The second-order valence-electron chi connectivity index (χ2n) is 3.68. The molecule has 1 N–H and O–H groups in total. The van der Waals surface area contributed by atoms with Gasteiger partial charge in [0.15, 0.2) is 0 Å². The number of thioether (sulfide) groups is 1. The van der Waals surface area contributed by atoms with Crippen LogP contribution in [-0.4, -0.2) is 24.6 Å². The monoisotopic (exact) mass is 287 g/mol. The van der Waals surface area contributed by atoms with Crippen LogP contribution in [-0.2, 0) is 6.42 Å². The minimum atomic E-state index is 0.548. The van der Waals surface area contributed by atoms with Crippen LogP contribution in [0.3, 0.4) is 0 Å². The number of rotatable bonds is 6. The molecule has 3 heteroatoms. The van der Waals surface area contributed by atoms with E-state index in [-0.39, 0.29) is 0 Å². The minimum absolute atomic E-state index is 0.548. The zero-order chi connectivity index (χ0) is 11.1. The lowest BCUT2D eigenvalue weighted by Crippen LogP contribution is -2.29. The molecule has 0 aromatic heterocycles. The maximum atomic E-state index is 3.52. The maximum absolute atomic E-state index is 3.52. The molecule has 0 radical (unpaired) electrons. The third-order valence-electron chi connectivity index (χ3n) is 2.23. The fourth-order valence-corrected chi connectivity index (χ4v) is 2.27. The average molecular weight is 288 g/mol. The second kappa shape index (κ2) is 7.31. The average Bonchev–Trinajstić information content (AvgIpc) is 2.18. The Labute approximate surface area is 105 Å². The van der Waals surface area contributed by atoms with E-state index in [0.29, 0.717) is 6.04 Å². The van der Waals surface area contributed by atoms with Crippen molar-refractivity contribution in [1.29, 1.82) is 0 Å². The molecule has 15 heavy (non-hydrogen) atoms. The molecule has 0 aliphatic heterocycles. The standard InChI is InChI=1S/C12H18BrNS/c1-10(14-6-7-15-2)8-11-4-3-5-12(13)9-11/h3-5,9-10,14H,6-8H2,1-2H3. The molecule has 1 aromatic carbocycles. The van der Waals surface area contributed by atoms with E-state index in [0.717, 1.165) is 17.4 Å². The quantitative estimate of drug-likeness (QED) is 0.806. The van der Waals surface area contributed by atoms with E-state index in [9.17, 15) is 0 Å². The van der Waals surface area contributed by atoms with Gasteiger partial charge in [-0.25, -0.2) is 0 Å². The summed E-state index contributed by atoms with van der Waals surface area (Å²) in [5, 5.41) is 3.52. The van der Waals surface area contributed by atoms with Crippen LogP contribution in [0.5, 0.6) is 0 Å². The molecule has 0 spiro atoms. The summed E-state index contributed by atoms with van der Waals surface area (Å²) in [7, 11) is 0. The Bertz CT molecular complexity index is 291. The van der Waals surface area contributed by atoms with Gasteiger partial charge >= 0.3 is 0 Å². The fraction of sp³-hybridized carbons (Fsp3) is 0.500. The zero-order valence-electron chi connectivity index (χ0n) is 9.29. The van der Waals surface area contributed by atoms with Crippen molar-refractivity contribution in [2.75, 3.05) is 18.6 Å². The number of hydrogen-bond donors (Lipinski definition) is 1. The molecular formula is C12H18BrNS.